The van der Waals surface area contributed by atoms with Crippen LogP contribution in [0.4, 0.5) is 4.39 Å². The van der Waals surface area contributed by atoms with E-state index in [1.807, 2.05) is 25.1 Å². The molecule has 1 heterocycles. The number of carbonyl (C=O) groups is 1. The van der Waals surface area contributed by atoms with Crippen LogP contribution < -0.4 is 5.32 Å². The third-order valence-corrected chi connectivity index (χ3v) is 3.36. The van der Waals surface area contributed by atoms with E-state index in [4.69, 9.17) is 0 Å². The summed E-state index contributed by atoms with van der Waals surface area (Å²) in [6, 6.07) is 13.7. The number of hydrogen-bond donors (Lipinski definition) is 2. The van der Waals surface area contributed by atoms with Gasteiger partial charge in [-0.05, 0) is 54.3 Å². The highest BCUT2D eigenvalue weighted by Gasteiger charge is 2.06. The number of fused-ring (bicyclic) bond motifs is 1. The number of carbonyl (C=O) groups excluding carboxylic acids is 1. The lowest BCUT2D eigenvalue weighted by Gasteiger charge is -2.06. The van der Waals surface area contributed by atoms with E-state index in [1.54, 1.807) is 6.07 Å². The molecule has 1 amide bonds. The topological polar surface area (TPSA) is 44.9 Å². The van der Waals surface area contributed by atoms with E-state index in [0.29, 0.717) is 12.1 Å². The highest BCUT2D eigenvalue weighted by Crippen LogP contribution is 2.16. The number of aromatic amines is 1. The standard InChI is InChI=1S/C17H15FN2O/c1-11-7-14-8-12(5-6-16(14)20-11)10-19-17(21)13-3-2-4-15(18)9-13/h2-9,20H,10H2,1H3,(H,19,21). The summed E-state index contributed by atoms with van der Waals surface area (Å²) in [6.45, 7) is 2.42. The van der Waals surface area contributed by atoms with E-state index >= 15 is 0 Å². The molecule has 106 valence electrons. The Morgan fingerprint density at radius 2 is 2.05 bits per heavy atom. The number of benzene rings is 2. The molecular weight excluding hydrogens is 267 g/mol. The van der Waals surface area contributed by atoms with Gasteiger partial charge in [-0.3, -0.25) is 4.79 Å². The van der Waals surface area contributed by atoms with E-state index in [2.05, 4.69) is 16.4 Å². The van der Waals surface area contributed by atoms with Gasteiger partial charge in [0.15, 0.2) is 0 Å². The van der Waals surface area contributed by atoms with Crippen molar-refractivity contribution in [1.82, 2.24) is 10.3 Å². The number of rotatable bonds is 3. The maximum absolute atomic E-state index is 13.1. The first kappa shape index (κ1) is 13.4. The van der Waals surface area contributed by atoms with Gasteiger partial charge in [0.25, 0.3) is 5.91 Å². The second-order valence-corrected chi connectivity index (χ2v) is 5.07. The number of aryl methyl sites for hydroxylation is 1. The lowest BCUT2D eigenvalue weighted by Crippen LogP contribution is -2.22. The Morgan fingerprint density at radius 1 is 1.19 bits per heavy atom. The molecule has 0 bridgehead atoms. The number of hydrogen-bond acceptors (Lipinski definition) is 1. The van der Waals surface area contributed by atoms with Crippen LogP contribution in [0.25, 0.3) is 10.9 Å². The van der Waals surface area contributed by atoms with Crippen LogP contribution in [0.3, 0.4) is 0 Å². The first-order valence-electron chi connectivity index (χ1n) is 6.74. The van der Waals surface area contributed by atoms with Crippen LogP contribution >= 0.6 is 0 Å². The van der Waals surface area contributed by atoms with Crippen molar-refractivity contribution in [3.63, 3.8) is 0 Å². The van der Waals surface area contributed by atoms with Gasteiger partial charge in [-0.1, -0.05) is 12.1 Å². The molecule has 3 aromatic rings. The molecule has 0 atom stereocenters. The molecule has 0 aliphatic rings. The minimum absolute atomic E-state index is 0.278. The third kappa shape index (κ3) is 2.94. The van der Waals surface area contributed by atoms with Crippen molar-refractivity contribution in [1.29, 1.82) is 0 Å². The Bertz CT molecular complexity index is 807. The Morgan fingerprint density at radius 3 is 2.86 bits per heavy atom. The summed E-state index contributed by atoms with van der Waals surface area (Å²) in [5.74, 6) is -0.688. The first-order valence-corrected chi connectivity index (χ1v) is 6.74. The normalized spacial score (nSPS) is 10.8. The second-order valence-electron chi connectivity index (χ2n) is 5.07. The summed E-state index contributed by atoms with van der Waals surface area (Å²) in [5.41, 5.74) is 3.51. The molecule has 0 aliphatic heterocycles. The van der Waals surface area contributed by atoms with Crippen LogP contribution in [0.15, 0.2) is 48.5 Å². The Balaban J connectivity index is 1.72. The molecule has 21 heavy (non-hydrogen) atoms. The quantitative estimate of drug-likeness (QED) is 0.758. The van der Waals surface area contributed by atoms with E-state index in [0.717, 1.165) is 22.2 Å². The smallest absolute Gasteiger partial charge is 0.251 e. The van der Waals surface area contributed by atoms with Crippen molar-refractivity contribution < 1.29 is 9.18 Å². The largest absolute Gasteiger partial charge is 0.359 e. The van der Waals surface area contributed by atoms with Crippen LogP contribution in [-0.2, 0) is 6.54 Å². The first-order chi connectivity index (χ1) is 10.1. The summed E-state index contributed by atoms with van der Waals surface area (Å²) < 4.78 is 13.1. The molecule has 3 nitrogen and oxygen atoms in total. The van der Waals surface area contributed by atoms with Gasteiger partial charge in [0, 0.05) is 23.3 Å². The lowest BCUT2D eigenvalue weighted by molar-refractivity contribution is 0.0950. The van der Waals surface area contributed by atoms with Gasteiger partial charge in [0.2, 0.25) is 0 Å². The van der Waals surface area contributed by atoms with E-state index < -0.39 is 5.82 Å². The van der Waals surface area contributed by atoms with Gasteiger partial charge in [0.1, 0.15) is 5.82 Å². The molecule has 0 saturated heterocycles. The fourth-order valence-electron chi connectivity index (χ4n) is 2.35. The van der Waals surface area contributed by atoms with Crippen molar-refractivity contribution in [2.75, 3.05) is 0 Å². The van der Waals surface area contributed by atoms with Gasteiger partial charge in [-0.25, -0.2) is 4.39 Å². The molecule has 0 radical (unpaired) electrons. The molecule has 0 fully saturated rings. The minimum Gasteiger partial charge on any atom is -0.359 e. The van der Waals surface area contributed by atoms with Crippen LogP contribution in [0.1, 0.15) is 21.6 Å². The Hall–Kier alpha value is -2.62. The molecule has 4 heteroatoms. The Kier molecular flexibility index (Phi) is 3.44. The molecule has 0 unspecified atom stereocenters. The number of amides is 1. The fourth-order valence-corrected chi connectivity index (χ4v) is 2.35. The van der Waals surface area contributed by atoms with E-state index in [-0.39, 0.29) is 5.91 Å². The average Bonchev–Trinajstić information content (AvgIpc) is 2.84. The van der Waals surface area contributed by atoms with E-state index in [9.17, 15) is 9.18 Å². The molecule has 0 spiro atoms. The van der Waals surface area contributed by atoms with Crippen LogP contribution in [0.2, 0.25) is 0 Å². The number of nitrogens with one attached hydrogen (secondary N) is 2. The average molecular weight is 282 g/mol. The van der Waals surface area contributed by atoms with Gasteiger partial charge >= 0.3 is 0 Å². The maximum Gasteiger partial charge on any atom is 0.251 e. The Labute approximate surface area is 121 Å². The third-order valence-electron chi connectivity index (χ3n) is 3.36. The van der Waals surface area contributed by atoms with Crippen molar-refractivity contribution in [3.05, 3.63) is 71.2 Å². The zero-order chi connectivity index (χ0) is 14.8. The summed E-state index contributed by atoms with van der Waals surface area (Å²) >= 11 is 0. The van der Waals surface area contributed by atoms with E-state index in [1.165, 1.54) is 18.2 Å². The second kappa shape index (κ2) is 5.40. The fraction of sp³-hybridized carbons (Fsp3) is 0.118. The molecular formula is C17H15FN2O. The number of halogens is 1. The minimum atomic E-state index is -0.410. The molecule has 2 N–H and O–H groups in total. The van der Waals surface area contributed by atoms with Crippen molar-refractivity contribution >= 4 is 16.8 Å². The summed E-state index contributed by atoms with van der Waals surface area (Å²) in [7, 11) is 0. The van der Waals surface area contributed by atoms with Crippen LogP contribution in [0.5, 0.6) is 0 Å². The monoisotopic (exact) mass is 282 g/mol. The number of aromatic nitrogens is 1. The highest BCUT2D eigenvalue weighted by atomic mass is 19.1. The molecule has 1 aromatic heterocycles. The van der Waals surface area contributed by atoms with Gasteiger partial charge in [-0.2, -0.15) is 0 Å². The van der Waals surface area contributed by atoms with Crippen LogP contribution in [-0.4, -0.2) is 10.9 Å². The van der Waals surface area contributed by atoms with Crippen LogP contribution in [0, 0.1) is 12.7 Å². The molecule has 2 aromatic carbocycles. The van der Waals surface area contributed by atoms with Crippen molar-refractivity contribution in [2.24, 2.45) is 0 Å². The zero-order valence-corrected chi connectivity index (χ0v) is 11.6. The maximum atomic E-state index is 13.1. The van der Waals surface area contributed by atoms with Gasteiger partial charge < -0.3 is 10.3 Å². The van der Waals surface area contributed by atoms with Crippen molar-refractivity contribution in [2.45, 2.75) is 13.5 Å². The highest BCUT2D eigenvalue weighted by molar-refractivity contribution is 5.94. The predicted molar refractivity (Wildman–Crippen MR) is 80.6 cm³/mol. The lowest BCUT2D eigenvalue weighted by atomic mass is 10.1. The zero-order valence-electron chi connectivity index (χ0n) is 11.6. The SMILES string of the molecule is Cc1cc2cc(CNC(=O)c3cccc(F)c3)ccc2[nH]1. The van der Waals surface area contributed by atoms with Gasteiger partial charge in [-0.15, -0.1) is 0 Å². The summed E-state index contributed by atoms with van der Waals surface area (Å²) in [6.07, 6.45) is 0. The van der Waals surface area contributed by atoms with Gasteiger partial charge in [0.05, 0.1) is 0 Å². The molecule has 0 saturated carbocycles. The molecule has 3 rings (SSSR count). The number of H-pyrrole nitrogens is 1. The predicted octanol–water partition coefficient (Wildman–Crippen LogP) is 3.55. The van der Waals surface area contributed by atoms with Crippen molar-refractivity contribution in [3.8, 4) is 0 Å². The molecule has 0 aliphatic carbocycles. The summed E-state index contributed by atoms with van der Waals surface area (Å²) in [4.78, 5) is 15.2. The summed E-state index contributed by atoms with van der Waals surface area (Å²) in [5, 5.41) is 3.91.